The minimum Gasteiger partial charge on any atom is -0.493 e. The first-order valence-corrected chi connectivity index (χ1v) is 20.3. The number of sulfonamides is 1. The number of nitrogens with zero attached hydrogens (tertiary/aromatic N) is 5. The molecule has 1 N–H and O–H groups in total. The van der Waals surface area contributed by atoms with Gasteiger partial charge in [0, 0.05) is 55.4 Å². The molecule has 3 aromatic carbocycles. The zero-order valence-corrected chi connectivity index (χ0v) is 31.6. The van der Waals surface area contributed by atoms with E-state index in [2.05, 4.69) is 10.2 Å². The van der Waals surface area contributed by atoms with E-state index in [-0.39, 0.29) is 23.2 Å². The number of hydrogen-bond acceptors (Lipinski definition) is 7. The highest BCUT2D eigenvalue weighted by Crippen LogP contribution is 2.47. The number of ether oxygens (including phenoxy) is 1. The zero-order valence-electron chi connectivity index (χ0n) is 29.3. The van der Waals surface area contributed by atoms with Crippen LogP contribution in [-0.4, -0.2) is 92.7 Å². The number of piperazine rings is 1. The quantitative estimate of drug-likeness (QED) is 0.275. The van der Waals surface area contributed by atoms with Crippen LogP contribution in [0.3, 0.4) is 0 Å². The highest BCUT2D eigenvalue weighted by molar-refractivity contribution is 7.89. The summed E-state index contributed by atoms with van der Waals surface area (Å²) in [5.74, 6) is 0.435. The van der Waals surface area contributed by atoms with Crippen molar-refractivity contribution >= 4 is 56.7 Å². The lowest BCUT2D eigenvalue weighted by Crippen LogP contribution is -2.55. The molecule has 2 atom stereocenters. The Morgan fingerprint density at radius 2 is 1.48 bits per heavy atom. The molecule has 0 saturated carbocycles. The van der Waals surface area contributed by atoms with Crippen LogP contribution in [0.1, 0.15) is 74.2 Å². The van der Waals surface area contributed by atoms with Crippen molar-refractivity contribution in [2.45, 2.75) is 62.4 Å². The molecule has 3 saturated heterocycles. The number of carbonyl (C=O) groups excluding carboxylic acids is 2. The van der Waals surface area contributed by atoms with Gasteiger partial charge in [-0.15, -0.1) is 0 Å². The molecular weight excluding hydrogens is 723 g/mol. The standard InChI is InChI=1S/C38H44Cl2N6O5S/c1-2-51-32-24-31(43-18-5-3-6-19-43)33(52(49,50)45-20-7-4-8-21-45)23-30(32)37-42-35(26-9-13-28(39)14-10-26)36(27-11-15-29(40)16-12-27)46(37)38(48)44-22-17-41-34(47)25-44/h9-16,23-24,35-36H,2-8,17-22,25H2,1H3,(H,41,47)/t35-,36+/m0/s1. The van der Waals surface area contributed by atoms with Crippen LogP contribution < -0.4 is 15.0 Å². The number of halogens is 2. The summed E-state index contributed by atoms with van der Waals surface area (Å²) < 4.78 is 37.3. The fourth-order valence-corrected chi connectivity index (χ4v) is 9.63. The van der Waals surface area contributed by atoms with Gasteiger partial charge in [-0.05, 0) is 80.5 Å². The molecule has 7 rings (SSSR count). The summed E-state index contributed by atoms with van der Waals surface area (Å²) in [6.07, 6.45) is 5.58. The number of nitrogens with one attached hydrogen (secondary N) is 1. The zero-order chi connectivity index (χ0) is 36.4. The number of hydrogen-bond donors (Lipinski definition) is 1. The summed E-state index contributed by atoms with van der Waals surface area (Å²) in [4.78, 5) is 38.2. The summed E-state index contributed by atoms with van der Waals surface area (Å²) in [6, 6.07) is 16.4. The third-order valence-corrected chi connectivity index (χ3v) is 12.7. The Bertz CT molecular complexity index is 1930. The largest absolute Gasteiger partial charge is 0.493 e. The van der Waals surface area contributed by atoms with E-state index in [1.807, 2.05) is 37.3 Å². The second kappa shape index (κ2) is 15.6. The van der Waals surface area contributed by atoms with Crippen molar-refractivity contribution < 1.29 is 22.7 Å². The molecule has 0 aliphatic carbocycles. The van der Waals surface area contributed by atoms with E-state index in [9.17, 15) is 18.0 Å². The number of rotatable bonds is 8. The molecule has 3 aromatic rings. The van der Waals surface area contributed by atoms with Crippen LogP contribution in [0.2, 0.25) is 10.0 Å². The monoisotopic (exact) mass is 766 g/mol. The van der Waals surface area contributed by atoms with Crippen LogP contribution in [0.4, 0.5) is 10.5 Å². The Morgan fingerprint density at radius 3 is 2.10 bits per heavy atom. The molecule has 0 bridgehead atoms. The van der Waals surface area contributed by atoms with Gasteiger partial charge in [0.2, 0.25) is 15.9 Å². The first-order chi connectivity index (χ1) is 25.2. The second-order valence-corrected chi connectivity index (χ2v) is 16.4. The maximum absolute atomic E-state index is 14.9. The molecule has 4 aliphatic heterocycles. The van der Waals surface area contributed by atoms with Crippen molar-refractivity contribution in [3.05, 3.63) is 87.4 Å². The molecule has 0 aromatic heterocycles. The average molecular weight is 768 g/mol. The highest BCUT2D eigenvalue weighted by Gasteiger charge is 2.46. The lowest BCUT2D eigenvalue weighted by Gasteiger charge is -2.36. The molecule has 3 amide bonds. The predicted octanol–water partition coefficient (Wildman–Crippen LogP) is 6.65. The van der Waals surface area contributed by atoms with Crippen LogP contribution in [0.15, 0.2) is 70.6 Å². The summed E-state index contributed by atoms with van der Waals surface area (Å²) in [5.41, 5.74) is 2.56. The van der Waals surface area contributed by atoms with Crippen LogP contribution in [0, 0.1) is 0 Å². The minimum absolute atomic E-state index is 0.123. The summed E-state index contributed by atoms with van der Waals surface area (Å²) >= 11 is 12.7. The number of amides is 3. The molecule has 4 aliphatic rings. The van der Waals surface area contributed by atoms with Crippen LogP contribution in [-0.2, 0) is 14.8 Å². The Hall–Kier alpha value is -3.84. The first-order valence-electron chi connectivity index (χ1n) is 18.2. The summed E-state index contributed by atoms with van der Waals surface area (Å²) in [6.45, 7) is 5.02. The van der Waals surface area contributed by atoms with Crippen molar-refractivity contribution in [2.24, 2.45) is 4.99 Å². The smallest absolute Gasteiger partial charge is 0.326 e. The maximum Gasteiger partial charge on any atom is 0.326 e. The lowest BCUT2D eigenvalue weighted by molar-refractivity contribution is -0.123. The van der Waals surface area contributed by atoms with Gasteiger partial charge in [0.05, 0.1) is 23.9 Å². The van der Waals surface area contributed by atoms with Crippen molar-refractivity contribution in [3.63, 3.8) is 0 Å². The number of benzene rings is 3. The molecule has 0 radical (unpaired) electrons. The first kappa shape index (κ1) is 36.5. The van der Waals surface area contributed by atoms with Crippen molar-refractivity contribution in [1.82, 2.24) is 19.4 Å². The number of urea groups is 1. The van der Waals surface area contributed by atoms with Gasteiger partial charge in [-0.1, -0.05) is 53.9 Å². The number of anilines is 1. The van der Waals surface area contributed by atoms with Gasteiger partial charge in [0.1, 0.15) is 29.1 Å². The van der Waals surface area contributed by atoms with Crippen LogP contribution in [0.25, 0.3) is 0 Å². The molecule has 14 heteroatoms. The van der Waals surface area contributed by atoms with E-state index in [0.717, 1.165) is 62.7 Å². The maximum atomic E-state index is 14.9. The predicted molar refractivity (Wildman–Crippen MR) is 203 cm³/mol. The molecular formula is C38H44Cl2N6O5S. The highest BCUT2D eigenvalue weighted by atomic mass is 35.5. The Kier molecular flexibility index (Phi) is 11.0. The number of piperidine rings is 2. The SMILES string of the molecule is CCOc1cc(N2CCCCC2)c(S(=O)(=O)N2CCCCC2)cc1C1=N[C@@H](c2ccc(Cl)cc2)[C@@H](c2ccc(Cl)cc2)N1C(=O)N1CCNC(=O)C1. The van der Waals surface area contributed by atoms with Gasteiger partial charge >= 0.3 is 6.03 Å². The lowest BCUT2D eigenvalue weighted by atomic mass is 9.93. The van der Waals surface area contributed by atoms with E-state index in [4.69, 9.17) is 32.9 Å². The van der Waals surface area contributed by atoms with E-state index in [1.165, 1.54) is 4.90 Å². The second-order valence-electron chi connectivity index (χ2n) is 13.6. The van der Waals surface area contributed by atoms with Gasteiger partial charge in [-0.2, -0.15) is 4.31 Å². The Labute approximate surface area is 315 Å². The molecule has 52 heavy (non-hydrogen) atoms. The molecule has 276 valence electrons. The van der Waals surface area contributed by atoms with Crippen LogP contribution in [0.5, 0.6) is 5.75 Å². The number of aliphatic imine (C=N–C) groups is 1. The molecule has 3 fully saturated rings. The van der Waals surface area contributed by atoms with Gasteiger partial charge in [0.25, 0.3) is 0 Å². The molecule has 0 spiro atoms. The summed E-state index contributed by atoms with van der Waals surface area (Å²) in [5, 5.41) is 3.90. The van der Waals surface area contributed by atoms with Gasteiger partial charge in [-0.25, -0.2) is 13.2 Å². The van der Waals surface area contributed by atoms with E-state index in [1.54, 1.807) is 39.5 Å². The summed E-state index contributed by atoms with van der Waals surface area (Å²) in [7, 11) is -3.95. The Balaban J connectivity index is 1.46. The van der Waals surface area contributed by atoms with E-state index >= 15 is 0 Å². The van der Waals surface area contributed by atoms with Crippen LogP contribution >= 0.6 is 23.2 Å². The van der Waals surface area contributed by atoms with Crippen molar-refractivity contribution in [3.8, 4) is 5.75 Å². The minimum atomic E-state index is -3.95. The number of amidine groups is 1. The Morgan fingerprint density at radius 1 is 0.865 bits per heavy atom. The molecule has 0 unspecified atom stereocenters. The van der Waals surface area contributed by atoms with E-state index in [0.29, 0.717) is 59.8 Å². The fourth-order valence-electron chi connectivity index (χ4n) is 7.64. The third-order valence-electron chi connectivity index (χ3n) is 10.2. The van der Waals surface area contributed by atoms with Crippen molar-refractivity contribution in [1.29, 1.82) is 0 Å². The average Bonchev–Trinajstić information content (AvgIpc) is 3.56. The third kappa shape index (κ3) is 7.35. The van der Waals surface area contributed by atoms with Gasteiger partial charge < -0.3 is 19.9 Å². The van der Waals surface area contributed by atoms with E-state index < -0.39 is 28.1 Å². The molecule has 11 nitrogen and oxygen atoms in total. The topological polar surface area (TPSA) is 115 Å². The van der Waals surface area contributed by atoms with Gasteiger partial charge in [0.15, 0.2) is 0 Å². The fraction of sp³-hybridized carbons (Fsp3) is 0.447. The van der Waals surface area contributed by atoms with Gasteiger partial charge in [-0.3, -0.25) is 14.7 Å². The number of carbonyl (C=O) groups is 2. The van der Waals surface area contributed by atoms with Crippen molar-refractivity contribution in [2.75, 3.05) is 57.3 Å². The normalized spacial score (nSPS) is 21.6. The molecule has 4 heterocycles.